The molecule has 2 aliphatic rings. The minimum Gasteiger partial charge on any atom is -0.444 e. The van der Waals surface area contributed by atoms with Crippen LogP contribution in [0, 0.1) is 12.8 Å². The van der Waals surface area contributed by atoms with Gasteiger partial charge in [-0.2, -0.15) is 0 Å². The highest BCUT2D eigenvalue weighted by atomic mass is 16.6. The van der Waals surface area contributed by atoms with E-state index < -0.39 is 5.60 Å². The molecule has 6 heteroatoms. The van der Waals surface area contributed by atoms with E-state index in [9.17, 15) is 9.59 Å². The topological polar surface area (TPSA) is 62.7 Å². The number of hydrogen-bond donors (Lipinski definition) is 0. The van der Waals surface area contributed by atoms with Gasteiger partial charge in [0, 0.05) is 42.9 Å². The predicted molar refractivity (Wildman–Crippen MR) is 115 cm³/mol. The Balaban J connectivity index is 1.54. The maximum Gasteiger partial charge on any atom is 0.410 e. The van der Waals surface area contributed by atoms with E-state index in [1.807, 2.05) is 69.0 Å². The second kappa shape index (κ2) is 7.74. The number of aromatic nitrogens is 1. The molecular weight excluding hydrogens is 378 g/mol. The molecule has 2 atom stereocenters. The van der Waals surface area contributed by atoms with Crippen LogP contribution < -0.4 is 0 Å². The third kappa shape index (κ3) is 4.04. The number of likely N-dealkylation sites (tertiary alicyclic amines) is 2. The summed E-state index contributed by atoms with van der Waals surface area (Å²) in [6.07, 6.45) is 2.35. The molecule has 2 aliphatic heterocycles. The summed E-state index contributed by atoms with van der Waals surface area (Å²) in [4.78, 5) is 34.1. The molecule has 1 aromatic heterocycles. The molecule has 0 N–H and O–H groups in total. The van der Waals surface area contributed by atoms with Crippen LogP contribution in [0.15, 0.2) is 42.6 Å². The zero-order valence-electron chi connectivity index (χ0n) is 18.1. The van der Waals surface area contributed by atoms with Crippen LogP contribution in [0.3, 0.4) is 0 Å². The Hall–Kier alpha value is -2.89. The molecule has 2 unspecified atom stereocenters. The van der Waals surface area contributed by atoms with Gasteiger partial charge >= 0.3 is 6.09 Å². The van der Waals surface area contributed by atoms with Crippen LogP contribution in [-0.2, 0) is 4.74 Å². The summed E-state index contributed by atoms with van der Waals surface area (Å²) in [5.74, 6) is 0.434. The van der Waals surface area contributed by atoms with Gasteiger partial charge in [0.1, 0.15) is 5.60 Å². The van der Waals surface area contributed by atoms with E-state index >= 15 is 0 Å². The van der Waals surface area contributed by atoms with Crippen molar-refractivity contribution in [2.45, 2.75) is 45.8 Å². The zero-order chi connectivity index (χ0) is 21.5. The first kappa shape index (κ1) is 20.4. The van der Waals surface area contributed by atoms with Crippen molar-refractivity contribution in [3.8, 4) is 11.3 Å². The van der Waals surface area contributed by atoms with E-state index in [0.717, 1.165) is 23.2 Å². The lowest BCUT2D eigenvalue weighted by Gasteiger charge is -2.53. The molecule has 0 radical (unpaired) electrons. The van der Waals surface area contributed by atoms with Gasteiger partial charge in [-0.05, 0) is 52.3 Å². The molecule has 30 heavy (non-hydrogen) atoms. The standard InChI is InChI=1S/C24H29N3O3/c1-16-8-9-18(20-7-5-6-11-25-20)19(13-16)22(28)26-12-10-17-14-27(21(17)15-26)23(29)30-24(2,3)4/h5-9,11,13,17,21H,10,12,14-15H2,1-4H3. The SMILES string of the molecule is Cc1ccc(-c2ccccn2)c(C(=O)N2CCC3CN(C(=O)OC(C)(C)C)C3C2)c1. The highest BCUT2D eigenvalue weighted by Crippen LogP contribution is 2.35. The number of ether oxygens (including phenoxy) is 1. The molecule has 6 nitrogen and oxygen atoms in total. The zero-order valence-corrected chi connectivity index (χ0v) is 18.1. The molecule has 158 valence electrons. The minimum atomic E-state index is -0.522. The van der Waals surface area contributed by atoms with E-state index in [1.54, 1.807) is 11.1 Å². The average Bonchev–Trinajstić information content (AvgIpc) is 2.67. The maximum atomic E-state index is 13.5. The highest BCUT2D eigenvalue weighted by Gasteiger charge is 2.47. The maximum absolute atomic E-state index is 13.5. The fraction of sp³-hybridized carbons (Fsp3) is 0.458. The Morgan fingerprint density at radius 1 is 1.13 bits per heavy atom. The Labute approximate surface area is 177 Å². The second-order valence-electron chi connectivity index (χ2n) is 9.26. The van der Waals surface area contributed by atoms with Crippen LogP contribution in [0.5, 0.6) is 0 Å². The lowest BCUT2D eigenvalue weighted by Crippen LogP contribution is -2.66. The number of hydrogen-bond acceptors (Lipinski definition) is 4. The van der Waals surface area contributed by atoms with Crippen LogP contribution in [0.2, 0.25) is 0 Å². The quantitative estimate of drug-likeness (QED) is 0.751. The molecular formula is C24H29N3O3. The highest BCUT2D eigenvalue weighted by molar-refractivity contribution is 6.00. The van der Waals surface area contributed by atoms with E-state index in [4.69, 9.17) is 4.74 Å². The van der Waals surface area contributed by atoms with E-state index in [1.165, 1.54) is 0 Å². The summed E-state index contributed by atoms with van der Waals surface area (Å²) < 4.78 is 5.54. The summed E-state index contributed by atoms with van der Waals surface area (Å²) in [6, 6.07) is 11.6. The molecule has 3 heterocycles. The van der Waals surface area contributed by atoms with E-state index in [2.05, 4.69) is 4.98 Å². The predicted octanol–water partition coefficient (Wildman–Crippen LogP) is 4.14. The van der Waals surface area contributed by atoms with Crippen LogP contribution in [0.1, 0.15) is 43.1 Å². The van der Waals surface area contributed by atoms with Gasteiger partial charge < -0.3 is 14.5 Å². The molecule has 0 saturated carbocycles. The van der Waals surface area contributed by atoms with Crippen molar-refractivity contribution in [2.24, 2.45) is 5.92 Å². The number of carbonyl (C=O) groups is 2. The number of benzene rings is 1. The van der Waals surface area contributed by atoms with Gasteiger partial charge in [-0.1, -0.05) is 23.8 Å². The largest absolute Gasteiger partial charge is 0.444 e. The van der Waals surface area contributed by atoms with Gasteiger partial charge in [0.15, 0.2) is 0 Å². The molecule has 2 saturated heterocycles. The first-order valence-corrected chi connectivity index (χ1v) is 10.5. The van der Waals surface area contributed by atoms with Gasteiger partial charge in [0.2, 0.25) is 0 Å². The van der Waals surface area contributed by atoms with Crippen LogP contribution in [0.25, 0.3) is 11.3 Å². The first-order valence-electron chi connectivity index (χ1n) is 10.5. The summed E-state index contributed by atoms with van der Waals surface area (Å²) >= 11 is 0. The van der Waals surface area contributed by atoms with Crippen LogP contribution in [0.4, 0.5) is 4.79 Å². The van der Waals surface area contributed by atoms with Gasteiger partial charge in [0.05, 0.1) is 11.7 Å². The second-order valence-corrected chi connectivity index (χ2v) is 9.26. The summed E-state index contributed by atoms with van der Waals surface area (Å²) in [6.45, 7) is 9.56. The minimum absolute atomic E-state index is 0.00570. The number of nitrogens with zero attached hydrogens (tertiary/aromatic N) is 3. The number of aryl methyl sites for hydroxylation is 1. The molecule has 0 spiro atoms. The molecule has 0 bridgehead atoms. The Bertz CT molecular complexity index is 952. The van der Waals surface area contributed by atoms with Crippen molar-refractivity contribution < 1.29 is 14.3 Å². The summed E-state index contributed by atoms with van der Waals surface area (Å²) in [5, 5.41) is 0. The van der Waals surface area contributed by atoms with Crippen LogP contribution >= 0.6 is 0 Å². The fourth-order valence-electron chi connectivity index (χ4n) is 4.26. The monoisotopic (exact) mass is 407 g/mol. The molecule has 0 aliphatic carbocycles. The number of fused-ring (bicyclic) bond motifs is 1. The van der Waals surface area contributed by atoms with Crippen molar-refractivity contribution in [3.05, 3.63) is 53.7 Å². The third-order valence-electron chi connectivity index (χ3n) is 5.81. The number of piperidine rings is 1. The van der Waals surface area contributed by atoms with Gasteiger partial charge in [-0.3, -0.25) is 9.78 Å². The summed E-state index contributed by atoms with van der Waals surface area (Å²) in [5.41, 5.74) is 2.80. The van der Waals surface area contributed by atoms with Crippen LogP contribution in [-0.4, -0.2) is 58.1 Å². The molecule has 1 aromatic carbocycles. The first-order chi connectivity index (χ1) is 14.2. The van der Waals surface area contributed by atoms with Crippen molar-refractivity contribution in [1.82, 2.24) is 14.8 Å². The fourth-order valence-corrected chi connectivity index (χ4v) is 4.26. The lowest BCUT2D eigenvalue weighted by atomic mass is 9.82. The summed E-state index contributed by atoms with van der Waals surface area (Å²) in [7, 11) is 0. The molecule has 2 amide bonds. The molecule has 4 rings (SSSR count). The molecule has 2 fully saturated rings. The number of pyridine rings is 1. The Kier molecular flexibility index (Phi) is 5.26. The average molecular weight is 408 g/mol. The number of rotatable bonds is 2. The third-order valence-corrected chi connectivity index (χ3v) is 5.81. The van der Waals surface area contributed by atoms with E-state index in [0.29, 0.717) is 31.1 Å². The molecule has 2 aromatic rings. The van der Waals surface area contributed by atoms with Gasteiger partial charge in [-0.15, -0.1) is 0 Å². The van der Waals surface area contributed by atoms with Crippen molar-refractivity contribution in [3.63, 3.8) is 0 Å². The number of carbonyl (C=O) groups excluding carboxylic acids is 2. The van der Waals surface area contributed by atoms with E-state index in [-0.39, 0.29) is 18.0 Å². The van der Waals surface area contributed by atoms with Crippen molar-refractivity contribution in [2.75, 3.05) is 19.6 Å². The normalized spacial score (nSPS) is 20.9. The lowest BCUT2D eigenvalue weighted by molar-refractivity contribution is -0.0545. The Morgan fingerprint density at radius 3 is 2.63 bits per heavy atom. The van der Waals surface area contributed by atoms with Gasteiger partial charge in [-0.25, -0.2) is 4.79 Å². The number of amides is 2. The van der Waals surface area contributed by atoms with Crippen molar-refractivity contribution >= 4 is 12.0 Å². The van der Waals surface area contributed by atoms with Gasteiger partial charge in [0.25, 0.3) is 5.91 Å². The Morgan fingerprint density at radius 2 is 1.93 bits per heavy atom. The smallest absolute Gasteiger partial charge is 0.410 e. The van der Waals surface area contributed by atoms with Crippen molar-refractivity contribution in [1.29, 1.82) is 0 Å².